The minimum atomic E-state index is -0.890. The first-order valence-electron chi connectivity index (χ1n) is 8.00. The van der Waals surface area contributed by atoms with Crippen LogP contribution in [0.3, 0.4) is 0 Å². The van der Waals surface area contributed by atoms with Crippen molar-refractivity contribution in [2.75, 3.05) is 6.54 Å². The molecule has 4 heteroatoms. The van der Waals surface area contributed by atoms with Crippen LogP contribution in [0.15, 0.2) is 0 Å². The maximum absolute atomic E-state index is 12.1. The van der Waals surface area contributed by atoms with Crippen LogP contribution in [0.25, 0.3) is 0 Å². The predicted octanol–water partition coefficient (Wildman–Crippen LogP) is 2.82. The van der Waals surface area contributed by atoms with E-state index >= 15 is 0 Å². The van der Waals surface area contributed by atoms with E-state index in [1.54, 1.807) is 0 Å². The lowest BCUT2D eigenvalue weighted by Crippen LogP contribution is -2.39. The first kappa shape index (κ1) is 15.3. The van der Waals surface area contributed by atoms with Crippen LogP contribution in [-0.4, -0.2) is 23.5 Å². The fraction of sp³-hybridized carbons (Fsp3) is 0.875. The van der Waals surface area contributed by atoms with Gasteiger partial charge in [0, 0.05) is 13.0 Å². The van der Waals surface area contributed by atoms with Crippen molar-refractivity contribution in [1.82, 2.24) is 5.32 Å². The first-order valence-corrected chi connectivity index (χ1v) is 8.00. The maximum Gasteiger partial charge on any atom is 0.310 e. The molecule has 2 rings (SSSR count). The Morgan fingerprint density at radius 1 is 1.20 bits per heavy atom. The Morgan fingerprint density at radius 3 is 2.35 bits per heavy atom. The Balaban J connectivity index is 1.81. The SMILES string of the molecule is CCC(CC)(CC(=O)NCC1CC2CCC1C2)C(=O)O. The van der Waals surface area contributed by atoms with Gasteiger partial charge in [-0.1, -0.05) is 20.3 Å². The quantitative estimate of drug-likeness (QED) is 0.754. The number of carbonyl (C=O) groups is 2. The number of hydrogen-bond acceptors (Lipinski definition) is 2. The Bertz CT molecular complexity index is 376. The second-order valence-electron chi connectivity index (χ2n) is 6.71. The number of carboxylic acid groups (broad SMARTS) is 1. The fourth-order valence-corrected chi connectivity index (χ4v) is 4.12. The molecule has 2 bridgehead atoms. The third-order valence-electron chi connectivity index (χ3n) is 5.75. The summed E-state index contributed by atoms with van der Waals surface area (Å²) in [6, 6.07) is 0. The molecule has 0 heterocycles. The molecular weight excluding hydrogens is 254 g/mol. The molecule has 0 radical (unpaired) electrons. The number of hydrogen-bond donors (Lipinski definition) is 2. The topological polar surface area (TPSA) is 66.4 Å². The van der Waals surface area contributed by atoms with Crippen LogP contribution >= 0.6 is 0 Å². The Morgan fingerprint density at radius 2 is 1.90 bits per heavy atom. The average molecular weight is 281 g/mol. The van der Waals surface area contributed by atoms with Gasteiger partial charge in [0.15, 0.2) is 0 Å². The lowest BCUT2D eigenvalue weighted by molar-refractivity contribution is -0.152. The molecule has 0 saturated heterocycles. The number of fused-ring (bicyclic) bond motifs is 2. The first-order chi connectivity index (χ1) is 9.50. The number of carbonyl (C=O) groups excluding carboxylic acids is 1. The fourth-order valence-electron chi connectivity index (χ4n) is 4.12. The second kappa shape index (κ2) is 6.15. The molecule has 0 aliphatic heterocycles. The summed E-state index contributed by atoms with van der Waals surface area (Å²) in [4.78, 5) is 23.5. The van der Waals surface area contributed by atoms with Crippen molar-refractivity contribution in [3.8, 4) is 0 Å². The lowest BCUT2D eigenvalue weighted by Gasteiger charge is -2.27. The zero-order valence-electron chi connectivity index (χ0n) is 12.7. The van der Waals surface area contributed by atoms with Gasteiger partial charge in [-0.2, -0.15) is 0 Å². The number of carboxylic acids is 1. The van der Waals surface area contributed by atoms with Crippen LogP contribution in [-0.2, 0) is 9.59 Å². The predicted molar refractivity (Wildman–Crippen MR) is 77.2 cm³/mol. The summed E-state index contributed by atoms with van der Waals surface area (Å²) < 4.78 is 0. The maximum atomic E-state index is 12.1. The van der Waals surface area contributed by atoms with Gasteiger partial charge in [-0.15, -0.1) is 0 Å². The van der Waals surface area contributed by atoms with Gasteiger partial charge in [-0.05, 0) is 49.9 Å². The van der Waals surface area contributed by atoms with E-state index < -0.39 is 11.4 Å². The molecule has 114 valence electrons. The lowest BCUT2D eigenvalue weighted by atomic mass is 9.79. The van der Waals surface area contributed by atoms with E-state index in [4.69, 9.17) is 0 Å². The number of amides is 1. The Kier molecular flexibility index (Phi) is 4.71. The van der Waals surface area contributed by atoms with Crippen LogP contribution in [0.4, 0.5) is 0 Å². The second-order valence-corrected chi connectivity index (χ2v) is 6.71. The zero-order valence-corrected chi connectivity index (χ0v) is 12.7. The molecule has 2 N–H and O–H groups in total. The summed E-state index contributed by atoms with van der Waals surface area (Å²) in [5, 5.41) is 12.3. The minimum absolute atomic E-state index is 0.0983. The third-order valence-corrected chi connectivity index (χ3v) is 5.75. The molecule has 2 aliphatic carbocycles. The highest BCUT2D eigenvalue weighted by Crippen LogP contribution is 2.47. The molecule has 2 saturated carbocycles. The largest absolute Gasteiger partial charge is 0.481 e. The van der Waals surface area contributed by atoms with Gasteiger partial charge in [0.1, 0.15) is 0 Å². The summed E-state index contributed by atoms with van der Waals surface area (Å²) in [7, 11) is 0. The third kappa shape index (κ3) is 2.99. The van der Waals surface area contributed by atoms with Gasteiger partial charge in [0.2, 0.25) is 5.91 Å². The summed E-state index contributed by atoms with van der Waals surface area (Å²) in [6.45, 7) is 4.44. The van der Waals surface area contributed by atoms with E-state index in [1.807, 2.05) is 13.8 Å². The Hall–Kier alpha value is -1.06. The molecular formula is C16H27NO3. The zero-order chi connectivity index (χ0) is 14.8. The molecule has 2 aliphatic rings. The Labute approximate surface area is 121 Å². The molecule has 0 spiro atoms. The standard InChI is InChI=1S/C16H27NO3/c1-3-16(4-2,15(19)20)9-14(18)17-10-13-8-11-5-6-12(13)7-11/h11-13H,3-10H2,1-2H3,(H,17,18)(H,19,20). The molecule has 0 aromatic heterocycles. The van der Waals surface area contributed by atoms with Crippen LogP contribution in [0, 0.1) is 23.2 Å². The van der Waals surface area contributed by atoms with E-state index in [-0.39, 0.29) is 12.3 Å². The highest BCUT2D eigenvalue weighted by atomic mass is 16.4. The van der Waals surface area contributed by atoms with Gasteiger partial charge < -0.3 is 10.4 Å². The summed E-state index contributed by atoms with van der Waals surface area (Å²) in [5.41, 5.74) is -0.890. The van der Waals surface area contributed by atoms with Crippen LogP contribution in [0.5, 0.6) is 0 Å². The molecule has 3 atom stereocenters. The summed E-state index contributed by atoms with van der Waals surface area (Å²) in [6.07, 6.45) is 6.37. The monoisotopic (exact) mass is 281 g/mol. The van der Waals surface area contributed by atoms with Crippen molar-refractivity contribution in [2.45, 2.75) is 58.8 Å². The molecule has 20 heavy (non-hydrogen) atoms. The summed E-state index contributed by atoms with van der Waals surface area (Å²) >= 11 is 0. The van der Waals surface area contributed by atoms with Gasteiger partial charge >= 0.3 is 5.97 Å². The van der Waals surface area contributed by atoms with Crippen molar-refractivity contribution in [3.63, 3.8) is 0 Å². The van der Waals surface area contributed by atoms with Crippen molar-refractivity contribution < 1.29 is 14.7 Å². The number of nitrogens with one attached hydrogen (secondary N) is 1. The van der Waals surface area contributed by atoms with Crippen molar-refractivity contribution >= 4 is 11.9 Å². The van der Waals surface area contributed by atoms with Crippen LogP contribution < -0.4 is 5.32 Å². The number of aliphatic carboxylic acids is 1. The highest BCUT2D eigenvalue weighted by Gasteiger charge is 2.40. The van der Waals surface area contributed by atoms with Gasteiger partial charge in [-0.25, -0.2) is 0 Å². The van der Waals surface area contributed by atoms with E-state index in [0.717, 1.165) is 18.4 Å². The molecule has 4 nitrogen and oxygen atoms in total. The van der Waals surface area contributed by atoms with E-state index in [9.17, 15) is 14.7 Å². The van der Waals surface area contributed by atoms with Gasteiger partial charge in [-0.3, -0.25) is 9.59 Å². The van der Waals surface area contributed by atoms with Crippen molar-refractivity contribution in [1.29, 1.82) is 0 Å². The molecule has 1 amide bonds. The van der Waals surface area contributed by atoms with E-state index in [1.165, 1.54) is 25.7 Å². The van der Waals surface area contributed by atoms with Crippen LogP contribution in [0.1, 0.15) is 58.8 Å². The summed E-state index contributed by atoms with van der Waals surface area (Å²) in [5.74, 6) is 1.35. The molecule has 0 aromatic carbocycles. The van der Waals surface area contributed by atoms with Crippen LogP contribution in [0.2, 0.25) is 0 Å². The average Bonchev–Trinajstić information content (AvgIpc) is 3.04. The van der Waals surface area contributed by atoms with Gasteiger partial charge in [0.05, 0.1) is 5.41 Å². The number of rotatable bonds is 7. The van der Waals surface area contributed by atoms with Crippen molar-refractivity contribution in [3.05, 3.63) is 0 Å². The molecule has 0 aromatic rings. The highest BCUT2D eigenvalue weighted by molar-refractivity contribution is 5.84. The van der Waals surface area contributed by atoms with E-state index in [2.05, 4.69) is 5.32 Å². The minimum Gasteiger partial charge on any atom is -0.481 e. The van der Waals surface area contributed by atoms with Crippen molar-refractivity contribution in [2.24, 2.45) is 23.2 Å². The molecule has 2 fully saturated rings. The normalized spacial score (nSPS) is 28.6. The van der Waals surface area contributed by atoms with E-state index in [0.29, 0.717) is 18.8 Å². The molecule has 3 unspecified atom stereocenters. The smallest absolute Gasteiger partial charge is 0.310 e. The van der Waals surface area contributed by atoms with Gasteiger partial charge in [0.25, 0.3) is 0 Å².